The van der Waals surface area contributed by atoms with Crippen LogP contribution in [-0.4, -0.2) is 11.7 Å². The largest absolute Gasteiger partial charge is 0.326 e. The van der Waals surface area contributed by atoms with Crippen LogP contribution in [0.15, 0.2) is 59.5 Å². The van der Waals surface area contributed by atoms with Gasteiger partial charge in [-0.1, -0.05) is 29.8 Å². The SMILES string of the molecule is O=C(CCSc1ccc(Cl)cc1)Nc1ccccc1. The van der Waals surface area contributed by atoms with E-state index in [9.17, 15) is 4.79 Å². The molecule has 0 aliphatic heterocycles. The third-order valence-corrected chi connectivity index (χ3v) is 3.73. The molecule has 0 bridgehead atoms. The van der Waals surface area contributed by atoms with Crippen LogP contribution < -0.4 is 5.32 Å². The van der Waals surface area contributed by atoms with E-state index >= 15 is 0 Å². The Morgan fingerprint density at radius 3 is 2.42 bits per heavy atom. The normalized spacial score (nSPS) is 10.2. The van der Waals surface area contributed by atoms with Crippen molar-refractivity contribution in [1.29, 1.82) is 0 Å². The van der Waals surface area contributed by atoms with E-state index in [-0.39, 0.29) is 5.91 Å². The fourth-order valence-electron chi connectivity index (χ4n) is 1.54. The Kier molecular flexibility index (Phi) is 5.31. The quantitative estimate of drug-likeness (QED) is 0.824. The number of anilines is 1. The Morgan fingerprint density at radius 1 is 1.05 bits per heavy atom. The minimum absolute atomic E-state index is 0.0349. The Hall–Kier alpha value is -1.45. The Balaban J connectivity index is 1.74. The van der Waals surface area contributed by atoms with Gasteiger partial charge in [0.1, 0.15) is 0 Å². The number of amides is 1. The van der Waals surface area contributed by atoms with Crippen LogP contribution in [0.25, 0.3) is 0 Å². The standard InChI is InChI=1S/C15H14ClNOS/c16-12-6-8-14(9-7-12)19-11-10-15(18)17-13-4-2-1-3-5-13/h1-9H,10-11H2,(H,17,18). The number of halogens is 1. The Morgan fingerprint density at radius 2 is 1.74 bits per heavy atom. The zero-order valence-corrected chi connectivity index (χ0v) is 11.9. The highest BCUT2D eigenvalue weighted by molar-refractivity contribution is 7.99. The zero-order valence-electron chi connectivity index (χ0n) is 10.3. The number of hydrogen-bond donors (Lipinski definition) is 1. The fourth-order valence-corrected chi connectivity index (χ4v) is 2.52. The number of rotatable bonds is 5. The van der Waals surface area contributed by atoms with Gasteiger partial charge in [0.25, 0.3) is 0 Å². The lowest BCUT2D eigenvalue weighted by Crippen LogP contribution is -2.11. The molecule has 2 rings (SSSR count). The number of hydrogen-bond acceptors (Lipinski definition) is 2. The van der Waals surface area contributed by atoms with Gasteiger partial charge in [0, 0.05) is 27.8 Å². The number of nitrogens with one attached hydrogen (secondary N) is 1. The molecule has 0 aliphatic carbocycles. The van der Waals surface area contributed by atoms with Crippen molar-refractivity contribution in [2.75, 3.05) is 11.1 Å². The lowest BCUT2D eigenvalue weighted by Gasteiger charge is -2.05. The number of para-hydroxylation sites is 1. The van der Waals surface area contributed by atoms with Crippen molar-refractivity contribution in [3.8, 4) is 0 Å². The maximum atomic E-state index is 11.7. The first-order chi connectivity index (χ1) is 9.24. The Bertz CT molecular complexity index is 528. The van der Waals surface area contributed by atoms with Gasteiger partial charge in [0.05, 0.1) is 0 Å². The second-order valence-corrected chi connectivity index (χ2v) is 5.57. The van der Waals surface area contributed by atoms with E-state index < -0.39 is 0 Å². The summed E-state index contributed by atoms with van der Waals surface area (Å²) in [6, 6.07) is 17.1. The molecule has 2 nitrogen and oxygen atoms in total. The molecule has 0 saturated carbocycles. The summed E-state index contributed by atoms with van der Waals surface area (Å²) >= 11 is 7.46. The predicted molar refractivity (Wildman–Crippen MR) is 81.9 cm³/mol. The maximum absolute atomic E-state index is 11.7. The molecule has 0 unspecified atom stereocenters. The van der Waals surface area contributed by atoms with Gasteiger partial charge in [-0.3, -0.25) is 4.79 Å². The zero-order chi connectivity index (χ0) is 13.5. The van der Waals surface area contributed by atoms with Crippen LogP contribution in [0.3, 0.4) is 0 Å². The Labute approximate surface area is 122 Å². The molecule has 0 heterocycles. The highest BCUT2D eigenvalue weighted by atomic mass is 35.5. The third kappa shape index (κ3) is 4.97. The molecule has 2 aromatic rings. The van der Waals surface area contributed by atoms with Crippen LogP contribution >= 0.6 is 23.4 Å². The van der Waals surface area contributed by atoms with Gasteiger partial charge in [-0.15, -0.1) is 11.8 Å². The summed E-state index contributed by atoms with van der Waals surface area (Å²) in [5.41, 5.74) is 0.837. The number of thioether (sulfide) groups is 1. The molecule has 0 fully saturated rings. The fraction of sp³-hybridized carbons (Fsp3) is 0.133. The van der Waals surface area contributed by atoms with Gasteiger partial charge in [-0.25, -0.2) is 0 Å². The van der Waals surface area contributed by atoms with E-state index in [4.69, 9.17) is 11.6 Å². The van der Waals surface area contributed by atoms with Gasteiger partial charge in [0.2, 0.25) is 5.91 Å². The van der Waals surface area contributed by atoms with Crippen LogP contribution in [-0.2, 0) is 4.79 Å². The average molecular weight is 292 g/mol. The van der Waals surface area contributed by atoms with Crippen molar-refractivity contribution in [3.63, 3.8) is 0 Å². The van der Waals surface area contributed by atoms with E-state index in [2.05, 4.69) is 5.32 Å². The summed E-state index contributed by atoms with van der Waals surface area (Å²) in [4.78, 5) is 12.8. The van der Waals surface area contributed by atoms with E-state index in [0.29, 0.717) is 6.42 Å². The second-order valence-electron chi connectivity index (χ2n) is 3.97. The molecular formula is C15H14ClNOS. The number of carbonyl (C=O) groups is 1. The highest BCUT2D eigenvalue weighted by Gasteiger charge is 2.02. The molecule has 0 radical (unpaired) electrons. The summed E-state index contributed by atoms with van der Waals surface area (Å²) in [6.07, 6.45) is 0.488. The minimum Gasteiger partial charge on any atom is -0.326 e. The molecule has 4 heteroatoms. The molecule has 0 aromatic heterocycles. The smallest absolute Gasteiger partial charge is 0.225 e. The summed E-state index contributed by atoms with van der Waals surface area (Å²) in [7, 11) is 0. The lowest BCUT2D eigenvalue weighted by molar-refractivity contribution is -0.115. The first-order valence-corrected chi connectivity index (χ1v) is 7.34. The van der Waals surface area contributed by atoms with Gasteiger partial charge >= 0.3 is 0 Å². The molecule has 0 aliphatic rings. The molecule has 0 saturated heterocycles. The minimum atomic E-state index is 0.0349. The van der Waals surface area contributed by atoms with Crippen molar-refractivity contribution in [1.82, 2.24) is 0 Å². The van der Waals surface area contributed by atoms with Crippen LogP contribution in [0.4, 0.5) is 5.69 Å². The molecule has 1 N–H and O–H groups in total. The van der Waals surface area contributed by atoms with E-state index in [0.717, 1.165) is 21.4 Å². The maximum Gasteiger partial charge on any atom is 0.225 e. The second kappa shape index (κ2) is 7.22. The molecule has 1 amide bonds. The van der Waals surface area contributed by atoms with Crippen LogP contribution in [0.2, 0.25) is 5.02 Å². The van der Waals surface area contributed by atoms with E-state index in [1.165, 1.54) is 0 Å². The number of carbonyl (C=O) groups excluding carboxylic acids is 1. The van der Waals surface area contributed by atoms with Crippen molar-refractivity contribution in [2.24, 2.45) is 0 Å². The van der Waals surface area contributed by atoms with Crippen molar-refractivity contribution in [2.45, 2.75) is 11.3 Å². The molecular weight excluding hydrogens is 278 g/mol. The molecule has 0 atom stereocenters. The van der Waals surface area contributed by atoms with Gasteiger partial charge in [0.15, 0.2) is 0 Å². The van der Waals surface area contributed by atoms with Crippen molar-refractivity contribution >= 4 is 35.0 Å². The topological polar surface area (TPSA) is 29.1 Å². The molecule has 19 heavy (non-hydrogen) atoms. The monoisotopic (exact) mass is 291 g/mol. The average Bonchev–Trinajstić information content (AvgIpc) is 2.42. The summed E-state index contributed by atoms with van der Waals surface area (Å²) in [6.45, 7) is 0. The van der Waals surface area contributed by atoms with Crippen molar-refractivity contribution < 1.29 is 4.79 Å². The van der Waals surface area contributed by atoms with E-state index in [1.54, 1.807) is 11.8 Å². The highest BCUT2D eigenvalue weighted by Crippen LogP contribution is 2.21. The van der Waals surface area contributed by atoms with Crippen LogP contribution in [0.1, 0.15) is 6.42 Å². The predicted octanol–water partition coefficient (Wildman–Crippen LogP) is 4.46. The third-order valence-electron chi connectivity index (χ3n) is 2.47. The van der Waals surface area contributed by atoms with Gasteiger partial charge < -0.3 is 5.32 Å². The summed E-state index contributed by atoms with van der Waals surface area (Å²) in [5, 5.41) is 3.59. The summed E-state index contributed by atoms with van der Waals surface area (Å²) in [5.74, 6) is 0.785. The van der Waals surface area contributed by atoms with E-state index in [1.807, 2.05) is 54.6 Å². The van der Waals surface area contributed by atoms with Crippen LogP contribution in [0.5, 0.6) is 0 Å². The number of benzene rings is 2. The summed E-state index contributed by atoms with van der Waals surface area (Å²) < 4.78 is 0. The van der Waals surface area contributed by atoms with Gasteiger partial charge in [-0.05, 0) is 36.4 Å². The van der Waals surface area contributed by atoms with Crippen LogP contribution in [0, 0.1) is 0 Å². The first kappa shape index (κ1) is 14.0. The first-order valence-electron chi connectivity index (χ1n) is 5.97. The van der Waals surface area contributed by atoms with Gasteiger partial charge in [-0.2, -0.15) is 0 Å². The molecule has 2 aromatic carbocycles. The molecule has 98 valence electrons. The lowest BCUT2D eigenvalue weighted by atomic mass is 10.3. The van der Waals surface area contributed by atoms with Crippen molar-refractivity contribution in [3.05, 3.63) is 59.6 Å². The molecule has 0 spiro atoms.